The predicted molar refractivity (Wildman–Crippen MR) is 95.9 cm³/mol. The number of nitro groups is 1. The molecule has 0 saturated heterocycles. The van der Waals surface area contributed by atoms with Crippen molar-refractivity contribution in [2.45, 2.75) is 0 Å². The van der Waals surface area contributed by atoms with Crippen molar-refractivity contribution in [2.75, 3.05) is 38.7 Å². The van der Waals surface area contributed by atoms with E-state index in [0.29, 0.717) is 12.2 Å². The first-order valence-electron chi connectivity index (χ1n) is 7.95. The molecule has 0 aliphatic heterocycles. The number of anilines is 1. The van der Waals surface area contributed by atoms with E-state index in [4.69, 9.17) is 4.74 Å². The Morgan fingerprint density at radius 2 is 1.81 bits per heavy atom. The molecule has 0 aliphatic carbocycles. The Hall–Kier alpha value is -3.00. The Morgan fingerprint density at radius 1 is 1.15 bits per heavy atom. The van der Waals surface area contributed by atoms with Crippen LogP contribution in [0.3, 0.4) is 0 Å². The second-order valence-electron chi connectivity index (χ2n) is 5.74. The predicted octanol–water partition coefficient (Wildman–Crippen LogP) is 2.71. The molecule has 0 bridgehead atoms. The van der Waals surface area contributed by atoms with Crippen molar-refractivity contribution < 1.29 is 18.8 Å². The molecule has 2 rings (SSSR count). The minimum Gasteiger partial charge on any atom is -0.489 e. The lowest BCUT2D eigenvalue weighted by Gasteiger charge is -2.22. The number of hydrogen-bond acceptors (Lipinski definition) is 5. The van der Waals surface area contributed by atoms with Gasteiger partial charge in [0.2, 0.25) is 5.91 Å². The molecule has 0 fully saturated rings. The summed E-state index contributed by atoms with van der Waals surface area (Å²) in [7, 11) is 3.36. The van der Waals surface area contributed by atoms with Crippen LogP contribution in [-0.4, -0.2) is 49.5 Å². The highest BCUT2D eigenvalue weighted by Gasteiger charge is 2.15. The lowest BCUT2D eigenvalue weighted by Crippen LogP contribution is -2.38. The first-order chi connectivity index (χ1) is 12.4. The third-order valence-electron chi connectivity index (χ3n) is 3.79. The van der Waals surface area contributed by atoms with Gasteiger partial charge in [-0.2, -0.15) is 0 Å². The smallest absolute Gasteiger partial charge is 0.269 e. The zero-order valence-corrected chi connectivity index (χ0v) is 14.6. The molecule has 2 aromatic rings. The van der Waals surface area contributed by atoms with E-state index in [0.717, 1.165) is 0 Å². The molecule has 1 amide bonds. The summed E-state index contributed by atoms with van der Waals surface area (Å²) in [5.41, 5.74) is 0.536. The molecule has 0 saturated carbocycles. The summed E-state index contributed by atoms with van der Waals surface area (Å²) in [4.78, 5) is 25.7. The first kappa shape index (κ1) is 19.3. The van der Waals surface area contributed by atoms with E-state index >= 15 is 0 Å². The summed E-state index contributed by atoms with van der Waals surface area (Å²) >= 11 is 0. The monoisotopic (exact) mass is 361 g/mol. The molecule has 0 N–H and O–H groups in total. The average molecular weight is 361 g/mol. The van der Waals surface area contributed by atoms with Crippen LogP contribution in [0.2, 0.25) is 0 Å². The maximum atomic E-state index is 13.5. The highest BCUT2D eigenvalue weighted by Crippen LogP contribution is 2.18. The number of rotatable bonds is 8. The summed E-state index contributed by atoms with van der Waals surface area (Å²) in [6.45, 7) is 0.814. The fourth-order valence-electron chi connectivity index (χ4n) is 2.23. The van der Waals surface area contributed by atoms with Gasteiger partial charge in [-0.15, -0.1) is 0 Å². The van der Waals surface area contributed by atoms with Crippen LogP contribution in [0.25, 0.3) is 0 Å². The van der Waals surface area contributed by atoms with E-state index in [2.05, 4.69) is 0 Å². The van der Waals surface area contributed by atoms with Gasteiger partial charge < -0.3 is 9.64 Å². The quantitative estimate of drug-likeness (QED) is 0.534. The average Bonchev–Trinajstić information content (AvgIpc) is 2.62. The molecule has 7 nitrogen and oxygen atoms in total. The number of ether oxygens (including phenoxy) is 1. The van der Waals surface area contributed by atoms with Gasteiger partial charge in [0.15, 0.2) is 11.6 Å². The Bertz CT molecular complexity index is 767. The van der Waals surface area contributed by atoms with Gasteiger partial charge in [-0.25, -0.2) is 4.39 Å². The van der Waals surface area contributed by atoms with E-state index in [1.807, 2.05) is 0 Å². The topological polar surface area (TPSA) is 75.9 Å². The fourth-order valence-corrected chi connectivity index (χ4v) is 2.23. The van der Waals surface area contributed by atoms with E-state index in [9.17, 15) is 19.3 Å². The summed E-state index contributed by atoms with van der Waals surface area (Å²) in [5, 5.41) is 10.7. The number of nitro benzene ring substituents is 1. The van der Waals surface area contributed by atoms with Crippen molar-refractivity contribution >= 4 is 17.3 Å². The molecule has 2 aromatic carbocycles. The lowest BCUT2D eigenvalue weighted by molar-refractivity contribution is -0.384. The van der Waals surface area contributed by atoms with Gasteiger partial charge in [0.1, 0.15) is 6.61 Å². The minimum atomic E-state index is -0.491. The van der Waals surface area contributed by atoms with Gasteiger partial charge in [-0.05, 0) is 31.3 Å². The Labute approximate surface area is 150 Å². The number of benzene rings is 2. The summed E-state index contributed by atoms with van der Waals surface area (Å²) in [6.07, 6.45) is 0. The second kappa shape index (κ2) is 8.91. The molecule has 8 heteroatoms. The second-order valence-corrected chi connectivity index (χ2v) is 5.74. The van der Waals surface area contributed by atoms with Crippen molar-refractivity contribution in [1.82, 2.24) is 4.90 Å². The third kappa shape index (κ3) is 5.25. The van der Waals surface area contributed by atoms with Crippen LogP contribution in [0.15, 0.2) is 48.5 Å². The molecule has 26 heavy (non-hydrogen) atoms. The van der Waals surface area contributed by atoms with Crippen LogP contribution >= 0.6 is 0 Å². The summed E-state index contributed by atoms with van der Waals surface area (Å²) in [5.74, 6) is -0.424. The maximum absolute atomic E-state index is 13.5. The molecule has 0 spiro atoms. The zero-order chi connectivity index (χ0) is 19.1. The Morgan fingerprint density at radius 3 is 2.42 bits per heavy atom. The molecule has 0 aromatic heterocycles. The standard InChI is InChI=1S/C18H20FN3O4/c1-20(11-12-26-17-6-4-3-5-16(17)19)13-18(23)21(2)14-7-9-15(10-8-14)22(24)25/h3-10H,11-13H2,1-2H3. The number of para-hydroxylation sites is 1. The van der Waals surface area contributed by atoms with Crippen molar-refractivity contribution in [3.8, 4) is 5.75 Å². The molecular weight excluding hydrogens is 341 g/mol. The SMILES string of the molecule is CN(CCOc1ccccc1F)CC(=O)N(C)c1ccc([N+](=O)[O-])cc1. The van der Waals surface area contributed by atoms with Gasteiger partial charge in [-0.3, -0.25) is 19.8 Å². The molecule has 0 unspecified atom stereocenters. The minimum absolute atomic E-state index is 0.0305. The molecule has 0 aliphatic rings. The maximum Gasteiger partial charge on any atom is 0.269 e. The van der Waals surface area contributed by atoms with Crippen molar-refractivity contribution in [1.29, 1.82) is 0 Å². The molecule has 138 valence electrons. The van der Waals surface area contributed by atoms with E-state index in [1.54, 1.807) is 37.2 Å². The van der Waals surface area contributed by atoms with Crippen LogP contribution in [0.5, 0.6) is 5.75 Å². The van der Waals surface area contributed by atoms with E-state index in [1.165, 1.54) is 35.2 Å². The number of carbonyl (C=O) groups excluding carboxylic acids is 1. The van der Waals surface area contributed by atoms with Gasteiger partial charge in [-0.1, -0.05) is 12.1 Å². The van der Waals surface area contributed by atoms with Gasteiger partial charge in [0.05, 0.1) is 11.5 Å². The number of non-ortho nitro benzene ring substituents is 1. The first-order valence-corrected chi connectivity index (χ1v) is 7.95. The number of amides is 1. The number of hydrogen-bond donors (Lipinski definition) is 0. The van der Waals surface area contributed by atoms with Crippen molar-refractivity contribution in [3.05, 3.63) is 64.5 Å². The fraction of sp³-hybridized carbons (Fsp3) is 0.278. The molecule has 0 radical (unpaired) electrons. The van der Waals surface area contributed by atoms with Crippen LogP contribution in [0.4, 0.5) is 15.8 Å². The van der Waals surface area contributed by atoms with Gasteiger partial charge in [0, 0.05) is 31.4 Å². The number of halogens is 1. The van der Waals surface area contributed by atoms with Crippen molar-refractivity contribution in [3.63, 3.8) is 0 Å². The normalized spacial score (nSPS) is 10.6. The highest BCUT2D eigenvalue weighted by molar-refractivity contribution is 5.94. The Balaban J connectivity index is 1.82. The van der Waals surface area contributed by atoms with Crippen LogP contribution in [-0.2, 0) is 4.79 Å². The number of likely N-dealkylation sites (N-methyl/N-ethyl adjacent to an activating group) is 2. The molecule has 0 atom stereocenters. The summed E-state index contributed by atoms with van der Waals surface area (Å²) < 4.78 is 18.8. The van der Waals surface area contributed by atoms with E-state index < -0.39 is 10.7 Å². The Kier molecular flexibility index (Phi) is 6.62. The number of carbonyl (C=O) groups is 1. The van der Waals surface area contributed by atoms with Gasteiger partial charge in [0.25, 0.3) is 5.69 Å². The lowest BCUT2D eigenvalue weighted by atomic mass is 10.2. The van der Waals surface area contributed by atoms with Crippen LogP contribution < -0.4 is 9.64 Å². The van der Waals surface area contributed by atoms with Crippen molar-refractivity contribution in [2.24, 2.45) is 0 Å². The van der Waals surface area contributed by atoms with Crippen LogP contribution in [0.1, 0.15) is 0 Å². The van der Waals surface area contributed by atoms with E-state index in [-0.39, 0.29) is 30.5 Å². The molecular formula is C18H20FN3O4. The highest BCUT2D eigenvalue weighted by atomic mass is 19.1. The molecule has 0 heterocycles. The summed E-state index contributed by atoms with van der Waals surface area (Å²) in [6, 6.07) is 11.9. The largest absolute Gasteiger partial charge is 0.489 e. The third-order valence-corrected chi connectivity index (χ3v) is 3.79. The zero-order valence-electron chi connectivity index (χ0n) is 14.6. The number of nitrogens with zero attached hydrogens (tertiary/aromatic N) is 3. The van der Waals surface area contributed by atoms with Gasteiger partial charge >= 0.3 is 0 Å². The van der Waals surface area contributed by atoms with Crippen LogP contribution in [0, 0.1) is 15.9 Å².